The highest BCUT2D eigenvalue weighted by Gasteiger charge is 2.22. The van der Waals surface area contributed by atoms with Crippen LogP contribution in [0.5, 0.6) is 0 Å². The van der Waals surface area contributed by atoms with Gasteiger partial charge in [-0.25, -0.2) is 8.42 Å². The van der Waals surface area contributed by atoms with Crippen molar-refractivity contribution < 1.29 is 13.2 Å². The molecule has 0 bridgehead atoms. The Balaban J connectivity index is 1.41. The van der Waals surface area contributed by atoms with E-state index in [-0.39, 0.29) is 10.9 Å². The highest BCUT2D eigenvalue weighted by atomic mass is 32.2. The number of nitrogens with one attached hydrogen (secondary N) is 1. The smallest absolute Gasteiger partial charge is 0.263 e. The zero-order chi connectivity index (χ0) is 20.0. The number of pyridine rings is 1. The Labute approximate surface area is 167 Å². The molecule has 1 aliphatic rings. The number of nitrogens with zero attached hydrogens (tertiary/aromatic N) is 5. The summed E-state index contributed by atoms with van der Waals surface area (Å²) >= 11 is 0. The van der Waals surface area contributed by atoms with Crippen molar-refractivity contribution in [3.8, 4) is 11.3 Å². The number of hydrogen-bond donors (Lipinski definition) is 1. The first-order valence-electron chi connectivity index (χ1n) is 9.03. The van der Waals surface area contributed by atoms with Crippen LogP contribution < -0.4 is 4.72 Å². The Kier molecular flexibility index (Phi) is 4.10. The van der Waals surface area contributed by atoms with Crippen LogP contribution in [0.25, 0.3) is 22.2 Å². The van der Waals surface area contributed by atoms with E-state index in [0.29, 0.717) is 30.1 Å². The van der Waals surface area contributed by atoms with Gasteiger partial charge in [-0.15, -0.1) is 0 Å². The molecule has 0 unspecified atom stereocenters. The van der Waals surface area contributed by atoms with Crippen molar-refractivity contribution in [2.45, 2.75) is 10.9 Å². The number of para-hydroxylation sites is 1. The van der Waals surface area contributed by atoms with Gasteiger partial charge in [-0.05, 0) is 18.2 Å². The SMILES string of the molecule is Cn1ncc2cccc(NS(=O)(=O)c3ccc(-c4cnn(C5COC5)c4)nc3)c21. The van der Waals surface area contributed by atoms with Gasteiger partial charge in [0.25, 0.3) is 10.0 Å². The molecule has 4 heterocycles. The molecule has 1 N–H and O–H groups in total. The quantitative estimate of drug-likeness (QED) is 0.541. The first-order valence-corrected chi connectivity index (χ1v) is 10.5. The van der Waals surface area contributed by atoms with Crippen molar-refractivity contribution >= 4 is 26.6 Å². The van der Waals surface area contributed by atoms with Crippen molar-refractivity contribution in [3.63, 3.8) is 0 Å². The average molecular weight is 410 g/mol. The monoisotopic (exact) mass is 410 g/mol. The van der Waals surface area contributed by atoms with Gasteiger partial charge in [0.2, 0.25) is 0 Å². The van der Waals surface area contributed by atoms with Crippen LogP contribution in [0.15, 0.2) is 60.0 Å². The van der Waals surface area contributed by atoms with Gasteiger partial charge in [-0.3, -0.25) is 19.1 Å². The van der Waals surface area contributed by atoms with Gasteiger partial charge in [0.15, 0.2) is 0 Å². The summed E-state index contributed by atoms with van der Waals surface area (Å²) < 4.78 is 37.0. The highest BCUT2D eigenvalue weighted by Crippen LogP contribution is 2.26. The highest BCUT2D eigenvalue weighted by molar-refractivity contribution is 7.92. The molecule has 29 heavy (non-hydrogen) atoms. The molecule has 1 aromatic carbocycles. The standard InChI is InChI=1S/C19H18N6O3S/c1-24-19-13(7-21-24)3-2-4-18(19)23-29(26,27)16-5-6-17(20-9-16)14-8-22-25(10-14)15-11-28-12-15/h2-10,15,23H,11-12H2,1H3. The van der Waals surface area contributed by atoms with Crippen LogP contribution in [0.2, 0.25) is 0 Å². The van der Waals surface area contributed by atoms with E-state index in [0.717, 1.165) is 10.9 Å². The topological polar surface area (TPSA) is 104 Å². The Morgan fingerprint density at radius 3 is 2.69 bits per heavy atom. The number of benzene rings is 1. The Bertz CT molecular complexity index is 1290. The maximum atomic E-state index is 12.9. The molecule has 0 aliphatic carbocycles. The molecule has 9 nitrogen and oxygen atoms in total. The second kappa shape index (κ2) is 6.68. The lowest BCUT2D eigenvalue weighted by molar-refractivity contribution is -0.0286. The van der Waals surface area contributed by atoms with E-state index in [9.17, 15) is 8.42 Å². The predicted molar refractivity (Wildman–Crippen MR) is 107 cm³/mol. The number of sulfonamides is 1. The average Bonchev–Trinajstić information content (AvgIpc) is 3.28. The van der Waals surface area contributed by atoms with Gasteiger partial charge in [-0.1, -0.05) is 12.1 Å². The van der Waals surface area contributed by atoms with Gasteiger partial charge < -0.3 is 4.74 Å². The van der Waals surface area contributed by atoms with Crippen molar-refractivity contribution in [3.05, 3.63) is 55.1 Å². The van der Waals surface area contributed by atoms with Gasteiger partial charge in [0.1, 0.15) is 4.90 Å². The first-order chi connectivity index (χ1) is 14.0. The summed E-state index contributed by atoms with van der Waals surface area (Å²) in [4.78, 5) is 4.41. The second-order valence-electron chi connectivity index (χ2n) is 6.90. The number of anilines is 1. The molecule has 5 rings (SSSR count). The maximum Gasteiger partial charge on any atom is 0.263 e. The lowest BCUT2D eigenvalue weighted by Gasteiger charge is -2.25. The molecule has 0 atom stereocenters. The summed E-state index contributed by atoms with van der Waals surface area (Å²) in [5, 5.41) is 9.37. The molecule has 1 aliphatic heterocycles. The van der Waals surface area contributed by atoms with Crippen molar-refractivity contribution in [2.75, 3.05) is 17.9 Å². The number of fused-ring (bicyclic) bond motifs is 1. The third kappa shape index (κ3) is 3.15. The van der Waals surface area contributed by atoms with E-state index < -0.39 is 10.0 Å². The number of aryl methyl sites for hydroxylation is 1. The minimum atomic E-state index is -3.79. The number of ether oxygens (including phenoxy) is 1. The van der Waals surface area contributed by atoms with Crippen LogP contribution in [0.1, 0.15) is 6.04 Å². The van der Waals surface area contributed by atoms with Crippen LogP contribution in [0.4, 0.5) is 5.69 Å². The number of rotatable bonds is 5. The van der Waals surface area contributed by atoms with E-state index in [1.165, 1.54) is 12.3 Å². The van der Waals surface area contributed by atoms with E-state index in [4.69, 9.17) is 4.74 Å². The van der Waals surface area contributed by atoms with Gasteiger partial charge in [0.05, 0.1) is 48.5 Å². The van der Waals surface area contributed by atoms with Crippen LogP contribution in [0, 0.1) is 0 Å². The fourth-order valence-corrected chi connectivity index (χ4v) is 4.29. The van der Waals surface area contributed by atoms with Crippen LogP contribution in [-0.4, -0.2) is 46.2 Å². The third-order valence-electron chi connectivity index (χ3n) is 4.94. The Morgan fingerprint density at radius 2 is 1.97 bits per heavy atom. The molecular formula is C19H18N6O3S. The second-order valence-corrected chi connectivity index (χ2v) is 8.58. The normalized spacial score (nSPS) is 14.8. The van der Waals surface area contributed by atoms with E-state index in [2.05, 4.69) is 19.9 Å². The fraction of sp³-hybridized carbons (Fsp3) is 0.211. The predicted octanol–water partition coefficient (Wildman–Crippen LogP) is 2.20. The van der Waals surface area contributed by atoms with Gasteiger partial charge >= 0.3 is 0 Å². The minimum absolute atomic E-state index is 0.0835. The lowest BCUT2D eigenvalue weighted by atomic mass is 10.2. The molecule has 10 heteroatoms. The molecule has 0 amide bonds. The number of hydrogen-bond acceptors (Lipinski definition) is 6. The summed E-state index contributed by atoms with van der Waals surface area (Å²) in [7, 11) is -2.02. The Morgan fingerprint density at radius 1 is 1.10 bits per heavy atom. The van der Waals surface area contributed by atoms with Crippen LogP contribution in [-0.2, 0) is 21.8 Å². The minimum Gasteiger partial charge on any atom is -0.377 e. The lowest BCUT2D eigenvalue weighted by Crippen LogP contribution is -2.30. The molecule has 4 aromatic rings. The summed E-state index contributed by atoms with van der Waals surface area (Å²) in [5.74, 6) is 0. The van der Waals surface area contributed by atoms with Crippen molar-refractivity contribution in [1.82, 2.24) is 24.5 Å². The van der Waals surface area contributed by atoms with E-state index in [1.807, 2.05) is 16.9 Å². The molecule has 0 saturated carbocycles. The van der Waals surface area contributed by atoms with Crippen molar-refractivity contribution in [2.24, 2.45) is 7.05 Å². The Hall–Kier alpha value is -3.24. The largest absolute Gasteiger partial charge is 0.377 e. The molecule has 148 valence electrons. The maximum absolute atomic E-state index is 12.9. The van der Waals surface area contributed by atoms with E-state index in [1.54, 1.807) is 42.3 Å². The summed E-state index contributed by atoms with van der Waals surface area (Å²) in [6, 6.07) is 8.85. The zero-order valence-electron chi connectivity index (χ0n) is 15.6. The molecule has 0 radical (unpaired) electrons. The molecule has 3 aromatic heterocycles. The van der Waals surface area contributed by atoms with Crippen LogP contribution in [0.3, 0.4) is 0 Å². The van der Waals surface area contributed by atoms with Crippen molar-refractivity contribution in [1.29, 1.82) is 0 Å². The summed E-state index contributed by atoms with van der Waals surface area (Å²) in [6.07, 6.45) is 6.66. The molecule has 1 saturated heterocycles. The summed E-state index contributed by atoms with van der Waals surface area (Å²) in [5.41, 5.74) is 2.67. The van der Waals surface area contributed by atoms with Gasteiger partial charge in [-0.2, -0.15) is 10.2 Å². The van der Waals surface area contributed by atoms with Crippen LogP contribution >= 0.6 is 0 Å². The fourth-order valence-electron chi connectivity index (χ4n) is 3.28. The van der Waals surface area contributed by atoms with E-state index >= 15 is 0 Å². The first kappa shape index (κ1) is 17.8. The molecule has 1 fully saturated rings. The molecular weight excluding hydrogens is 392 g/mol. The third-order valence-corrected chi connectivity index (χ3v) is 6.29. The molecule has 0 spiro atoms. The summed E-state index contributed by atoms with van der Waals surface area (Å²) in [6.45, 7) is 1.31. The van der Waals surface area contributed by atoms with Gasteiger partial charge in [0, 0.05) is 30.4 Å². The number of aromatic nitrogens is 5. The zero-order valence-corrected chi connectivity index (χ0v) is 16.4.